The second-order valence-electron chi connectivity index (χ2n) is 4.86. The molecule has 0 saturated heterocycles. The summed E-state index contributed by atoms with van der Waals surface area (Å²) < 4.78 is 53.4. The predicted molar refractivity (Wildman–Crippen MR) is 88.7 cm³/mol. The summed E-state index contributed by atoms with van der Waals surface area (Å²) in [6.45, 7) is -1.82. The van der Waals surface area contributed by atoms with Crippen molar-refractivity contribution in [3.63, 3.8) is 0 Å². The Morgan fingerprint density at radius 2 is 1.96 bits per heavy atom. The van der Waals surface area contributed by atoms with E-state index in [2.05, 4.69) is 25.1 Å². The number of ether oxygens (including phenoxy) is 1. The molecule has 0 aliphatic heterocycles. The zero-order valence-corrected chi connectivity index (χ0v) is 14.4. The summed E-state index contributed by atoms with van der Waals surface area (Å²) in [4.78, 5) is 4.01. The summed E-state index contributed by atoms with van der Waals surface area (Å²) in [6.07, 6.45) is 1.67. The third-order valence-electron chi connectivity index (χ3n) is 2.87. The van der Waals surface area contributed by atoms with Gasteiger partial charge in [-0.1, -0.05) is 18.2 Å². The predicted octanol–water partition coefficient (Wildman–Crippen LogP) is 0.892. The zero-order valence-electron chi connectivity index (χ0n) is 13.6. The van der Waals surface area contributed by atoms with Crippen LogP contribution in [0.4, 0.5) is 8.78 Å². The van der Waals surface area contributed by atoms with Gasteiger partial charge in [-0.3, -0.25) is 4.99 Å². The third kappa shape index (κ3) is 8.63. The van der Waals surface area contributed by atoms with Crippen LogP contribution in [0.1, 0.15) is 12.0 Å². The van der Waals surface area contributed by atoms with E-state index in [0.717, 1.165) is 6.26 Å². The number of halogens is 2. The van der Waals surface area contributed by atoms with Gasteiger partial charge in [0.25, 0.3) is 0 Å². The fourth-order valence-corrected chi connectivity index (χ4v) is 2.33. The normalized spacial score (nSPS) is 12.3. The van der Waals surface area contributed by atoms with E-state index in [-0.39, 0.29) is 12.3 Å². The molecule has 1 aromatic carbocycles. The number of para-hydroxylation sites is 1. The lowest BCUT2D eigenvalue weighted by Gasteiger charge is -2.14. The lowest BCUT2D eigenvalue weighted by molar-refractivity contribution is -0.0504. The highest BCUT2D eigenvalue weighted by Crippen LogP contribution is 2.19. The summed E-state index contributed by atoms with van der Waals surface area (Å²) in [5.41, 5.74) is 0.569. The van der Waals surface area contributed by atoms with Crippen molar-refractivity contribution in [2.75, 3.05) is 26.4 Å². The number of guanidine groups is 1. The van der Waals surface area contributed by atoms with Gasteiger partial charge in [-0.25, -0.2) is 13.1 Å². The molecule has 3 N–H and O–H groups in total. The van der Waals surface area contributed by atoms with Crippen molar-refractivity contribution in [3.8, 4) is 5.75 Å². The largest absolute Gasteiger partial charge is 0.434 e. The second-order valence-corrected chi connectivity index (χ2v) is 6.69. The molecule has 136 valence electrons. The molecule has 10 heteroatoms. The molecular formula is C14H22F2N4O3S. The van der Waals surface area contributed by atoms with Gasteiger partial charge in [-0.2, -0.15) is 8.78 Å². The Balaban J connectivity index is 2.42. The number of hydrogen-bond donors (Lipinski definition) is 3. The maximum atomic E-state index is 12.4. The Hall–Kier alpha value is -1.94. The smallest absolute Gasteiger partial charge is 0.387 e. The van der Waals surface area contributed by atoms with Gasteiger partial charge in [0.15, 0.2) is 5.96 Å². The summed E-state index contributed by atoms with van der Waals surface area (Å²) in [5.74, 6) is 0.578. The van der Waals surface area contributed by atoms with E-state index in [4.69, 9.17) is 0 Å². The molecule has 24 heavy (non-hydrogen) atoms. The van der Waals surface area contributed by atoms with Crippen LogP contribution >= 0.6 is 0 Å². The van der Waals surface area contributed by atoms with E-state index in [0.29, 0.717) is 31.0 Å². The molecule has 0 spiro atoms. The van der Waals surface area contributed by atoms with Crippen LogP contribution in [0.3, 0.4) is 0 Å². The van der Waals surface area contributed by atoms with Crippen LogP contribution in [0, 0.1) is 0 Å². The number of alkyl halides is 2. The number of nitrogens with zero attached hydrogens (tertiary/aromatic N) is 1. The first-order valence-corrected chi connectivity index (χ1v) is 9.13. The Morgan fingerprint density at radius 3 is 2.58 bits per heavy atom. The van der Waals surface area contributed by atoms with Crippen molar-refractivity contribution < 1.29 is 21.9 Å². The standard InChI is InChI=1S/C14H22F2N4O3S/c1-17-14(18-8-5-9-20-24(2,21)22)19-10-11-6-3-4-7-12(11)23-13(15)16/h3-4,6-7,13,20H,5,8-10H2,1-2H3,(H2,17,18,19). The van der Waals surface area contributed by atoms with Gasteiger partial charge in [0.05, 0.1) is 6.26 Å². The van der Waals surface area contributed by atoms with E-state index in [1.54, 1.807) is 25.2 Å². The molecule has 0 aliphatic carbocycles. The molecule has 0 atom stereocenters. The topological polar surface area (TPSA) is 91.8 Å². The minimum Gasteiger partial charge on any atom is -0.434 e. The maximum absolute atomic E-state index is 12.4. The maximum Gasteiger partial charge on any atom is 0.387 e. The number of nitrogens with one attached hydrogen (secondary N) is 3. The first-order valence-electron chi connectivity index (χ1n) is 7.23. The molecule has 1 aromatic rings. The fourth-order valence-electron chi connectivity index (χ4n) is 1.81. The molecule has 0 amide bonds. The van der Waals surface area contributed by atoms with Gasteiger partial charge >= 0.3 is 6.61 Å². The average molecular weight is 364 g/mol. The summed E-state index contributed by atoms with van der Waals surface area (Å²) >= 11 is 0. The fraction of sp³-hybridized carbons (Fsp3) is 0.500. The minimum absolute atomic E-state index is 0.104. The first-order chi connectivity index (χ1) is 11.3. The summed E-state index contributed by atoms with van der Waals surface area (Å²) in [7, 11) is -1.62. The quantitative estimate of drug-likeness (QED) is 0.344. The zero-order chi connectivity index (χ0) is 18.0. The van der Waals surface area contributed by atoms with Crippen molar-refractivity contribution in [1.29, 1.82) is 0 Å². The minimum atomic E-state index is -3.19. The van der Waals surface area contributed by atoms with E-state index in [1.165, 1.54) is 6.07 Å². The molecule has 0 heterocycles. The number of rotatable bonds is 9. The Morgan fingerprint density at radius 1 is 1.25 bits per heavy atom. The monoisotopic (exact) mass is 364 g/mol. The molecule has 0 bridgehead atoms. The van der Waals surface area contributed by atoms with Crippen LogP contribution in [0.25, 0.3) is 0 Å². The SMILES string of the molecule is CN=C(NCCCNS(C)(=O)=O)NCc1ccccc1OC(F)F. The van der Waals surface area contributed by atoms with Crippen LogP contribution < -0.4 is 20.1 Å². The number of sulfonamides is 1. The molecule has 0 fully saturated rings. The average Bonchev–Trinajstić information content (AvgIpc) is 2.49. The number of aliphatic imine (C=N–C) groups is 1. The van der Waals surface area contributed by atoms with Crippen LogP contribution in [-0.2, 0) is 16.6 Å². The van der Waals surface area contributed by atoms with Crippen LogP contribution in [0.15, 0.2) is 29.3 Å². The van der Waals surface area contributed by atoms with Crippen molar-refractivity contribution in [1.82, 2.24) is 15.4 Å². The van der Waals surface area contributed by atoms with Gasteiger partial charge in [-0.15, -0.1) is 0 Å². The molecule has 0 radical (unpaired) electrons. The van der Waals surface area contributed by atoms with Crippen molar-refractivity contribution in [3.05, 3.63) is 29.8 Å². The van der Waals surface area contributed by atoms with E-state index in [1.807, 2.05) is 0 Å². The van der Waals surface area contributed by atoms with E-state index >= 15 is 0 Å². The Kier molecular flexibility index (Phi) is 8.41. The van der Waals surface area contributed by atoms with E-state index < -0.39 is 16.6 Å². The Bertz CT molecular complexity index is 639. The van der Waals surface area contributed by atoms with Gasteiger partial charge in [0, 0.05) is 32.2 Å². The second kappa shape index (κ2) is 10.0. The first kappa shape index (κ1) is 20.1. The number of benzene rings is 1. The molecule has 0 aliphatic rings. The van der Waals surface area contributed by atoms with Gasteiger partial charge in [0.2, 0.25) is 10.0 Å². The van der Waals surface area contributed by atoms with Crippen molar-refractivity contribution in [2.45, 2.75) is 19.6 Å². The van der Waals surface area contributed by atoms with Crippen LogP contribution in [0.2, 0.25) is 0 Å². The van der Waals surface area contributed by atoms with Crippen molar-refractivity contribution >= 4 is 16.0 Å². The molecule has 0 unspecified atom stereocenters. The molecule has 7 nitrogen and oxygen atoms in total. The van der Waals surface area contributed by atoms with Gasteiger partial charge in [-0.05, 0) is 12.5 Å². The molecule has 1 rings (SSSR count). The van der Waals surface area contributed by atoms with Crippen molar-refractivity contribution in [2.24, 2.45) is 4.99 Å². The highest BCUT2D eigenvalue weighted by molar-refractivity contribution is 7.88. The van der Waals surface area contributed by atoms with Crippen LogP contribution in [0.5, 0.6) is 5.75 Å². The van der Waals surface area contributed by atoms with Gasteiger partial charge < -0.3 is 15.4 Å². The lowest BCUT2D eigenvalue weighted by Crippen LogP contribution is -2.38. The molecule has 0 aromatic heterocycles. The lowest BCUT2D eigenvalue weighted by atomic mass is 10.2. The third-order valence-corrected chi connectivity index (χ3v) is 3.60. The van der Waals surface area contributed by atoms with Gasteiger partial charge in [0.1, 0.15) is 5.75 Å². The molecular weight excluding hydrogens is 342 g/mol. The molecule has 0 saturated carbocycles. The highest BCUT2D eigenvalue weighted by atomic mass is 32.2. The number of hydrogen-bond acceptors (Lipinski definition) is 4. The summed E-state index contributed by atoms with van der Waals surface area (Å²) in [6, 6.07) is 6.48. The van der Waals surface area contributed by atoms with Crippen LogP contribution in [-0.4, -0.2) is 47.4 Å². The summed E-state index contributed by atoms with van der Waals surface area (Å²) in [5, 5.41) is 5.98. The highest BCUT2D eigenvalue weighted by Gasteiger charge is 2.09. The van der Waals surface area contributed by atoms with E-state index in [9.17, 15) is 17.2 Å². The Labute approximate surface area is 140 Å².